The van der Waals surface area contributed by atoms with E-state index in [1.807, 2.05) is 0 Å². The highest BCUT2D eigenvalue weighted by Crippen LogP contribution is 2.23. The number of hydrogen-bond donors (Lipinski definition) is 3. The van der Waals surface area contributed by atoms with E-state index in [0.717, 1.165) is 0 Å². The van der Waals surface area contributed by atoms with Crippen LogP contribution >= 0.6 is 0 Å². The molecule has 0 fully saturated rings. The van der Waals surface area contributed by atoms with Crippen molar-refractivity contribution >= 4 is 5.69 Å². The lowest BCUT2D eigenvalue weighted by atomic mass is 10.2. The first kappa shape index (κ1) is 11.1. The number of rotatable bonds is 3. The predicted octanol–water partition coefficient (Wildman–Crippen LogP) is 2.26. The third kappa shape index (κ3) is 2.81. The van der Waals surface area contributed by atoms with Gasteiger partial charge in [0.2, 0.25) is 0 Å². The van der Waals surface area contributed by atoms with Gasteiger partial charge in [-0.2, -0.15) is 0 Å². The van der Waals surface area contributed by atoms with Crippen molar-refractivity contribution in [3.8, 4) is 17.2 Å². The van der Waals surface area contributed by atoms with Crippen molar-refractivity contribution in [1.29, 1.82) is 0 Å². The maximum atomic E-state index is 9.61. The van der Waals surface area contributed by atoms with Crippen molar-refractivity contribution < 1.29 is 14.9 Å². The molecule has 0 spiro atoms. The maximum Gasteiger partial charge on any atom is 0.124 e. The van der Waals surface area contributed by atoms with Gasteiger partial charge in [-0.05, 0) is 36.4 Å². The Morgan fingerprint density at radius 3 is 2.35 bits per heavy atom. The van der Waals surface area contributed by atoms with Crippen LogP contribution in [0.5, 0.6) is 17.2 Å². The fraction of sp³-hybridized carbons (Fsp3) is 0.0769. The third-order valence-electron chi connectivity index (χ3n) is 2.34. The molecule has 88 valence electrons. The highest BCUT2D eigenvalue weighted by Gasteiger charge is 2.02. The highest BCUT2D eigenvalue weighted by atomic mass is 16.5. The molecule has 0 aliphatic heterocycles. The van der Waals surface area contributed by atoms with E-state index in [0.29, 0.717) is 17.0 Å². The summed E-state index contributed by atoms with van der Waals surface area (Å²) in [5, 5.41) is 18.7. The van der Waals surface area contributed by atoms with Crippen LogP contribution in [-0.2, 0) is 6.61 Å². The second-order valence-corrected chi connectivity index (χ2v) is 3.67. The molecular weight excluding hydrogens is 218 g/mol. The van der Waals surface area contributed by atoms with Crippen LogP contribution in [0.1, 0.15) is 5.56 Å². The molecule has 0 aliphatic carbocycles. The molecule has 0 atom stereocenters. The van der Waals surface area contributed by atoms with Gasteiger partial charge in [0.25, 0.3) is 0 Å². The van der Waals surface area contributed by atoms with E-state index in [2.05, 4.69) is 0 Å². The molecule has 0 heterocycles. The minimum Gasteiger partial charge on any atom is -0.508 e. The van der Waals surface area contributed by atoms with E-state index in [-0.39, 0.29) is 18.1 Å². The average molecular weight is 231 g/mol. The first-order valence-corrected chi connectivity index (χ1v) is 5.14. The summed E-state index contributed by atoms with van der Waals surface area (Å²) in [6, 6.07) is 11.3. The van der Waals surface area contributed by atoms with Crippen molar-refractivity contribution in [3.05, 3.63) is 48.0 Å². The van der Waals surface area contributed by atoms with Crippen molar-refractivity contribution in [3.63, 3.8) is 0 Å². The molecule has 2 aromatic rings. The van der Waals surface area contributed by atoms with Gasteiger partial charge in [0.15, 0.2) is 0 Å². The van der Waals surface area contributed by atoms with Crippen molar-refractivity contribution in [2.24, 2.45) is 0 Å². The summed E-state index contributed by atoms with van der Waals surface area (Å²) in [4.78, 5) is 0. The van der Waals surface area contributed by atoms with Gasteiger partial charge in [-0.25, -0.2) is 0 Å². The molecule has 2 rings (SSSR count). The fourth-order valence-corrected chi connectivity index (χ4v) is 1.41. The van der Waals surface area contributed by atoms with Crippen LogP contribution < -0.4 is 10.5 Å². The van der Waals surface area contributed by atoms with Crippen LogP contribution in [0.2, 0.25) is 0 Å². The quantitative estimate of drug-likeness (QED) is 0.708. The molecule has 0 bridgehead atoms. The van der Waals surface area contributed by atoms with E-state index in [1.54, 1.807) is 24.3 Å². The van der Waals surface area contributed by atoms with Crippen LogP contribution in [0.15, 0.2) is 42.5 Å². The number of aromatic hydroxyl groups is 2. The smallest absolute Gasteiger partial charge is 0.124 e. The average Bonchev–Trinajstić information content (AvgIpc) is 2.30. The van der Waals surface area contributed by atoms with E-state index in [1.165, 1.54) is 18.2 Å². The minimum atomic E-state index is 0.115. The van der Waals surface area contributed by atoms with Crippen molar-refractivity contribution in [2.45, 2.75) is 6.61 Å². The number of phenolic OH excluding ortho intramolecular Hbond substituents is 2. The standard InChI is InChI=1S/C13H13NO3/c14-10-2-1-9(13(16)7-10)8-17-12-5-3-11(15)4-6-12/h1-7,15-16H,8,14H2. The minimum absolute atomic E-state index is 0.115. The Hall–Kier alpha value is -2.36. The molecule has 4 N–H and O–H groups in total. The molecule has 4 heteroatoms. The number of hydrogen-bond acceptors (Lipinski definition) is 4. The van der Waals surface area contributed by atoms with Crippen LogP contribution in [0.3, 0.4) is 0 Å². The summed E-state index contributed by atoms with van der Waals surface area (Å²) in [5.41, 5.74) is 6.69. The van der Waals surface area contributed by atoms with E-state index in [4.69, 9.17) is 15.6 Å². The Balaban J connectivity index is 2.04. The van der Waals surface area contributed by atoms with Gasteiger partial charge in [-0.1, -0.05) is 0 Å². The van der Waals surface area contributed by atoms with Crippen LogP contribution in [0.25, 0.3) is 0 Å². The number of nitrogens with two attached hydrogens (primary N) is 1. The first-order chi connectivity index (χ1) is 8.15. The maximum absolute atomic E-state index is 9.61. The summed E-state index contributed by atoms with van der Waals surface area (Å²) in [6.45, 7) is 0.247. The Morgan fingerprint density at radius 2 is 1.71 bits per heavy atom. The highest BCUT2D eigenvalue weighted by molar-refractivity contribution is 5.47. The van der Waals surface area contributed by atoms with E-state index in [9.17, 15) is 5.11 Å². The van der Waals surface area contributed by atoms with Gasteiger partial charge in [0.05, 0.1) is 0 Å². The van der Waals surface area contributed by atoms with Gasteiger partial charge in [-0.3, -0.25) is 0 Å². The van der Waals surface area contributed by atoms with Gasteiger partial charge in [0, 0.05) is 17.3 Å². The molecule has 2 aromatic carbocycles. The molecule has 4 nitrogen and oxygen atoms in total. The summed E-state index contributed by atoms with van der Waals surface area (Å²) >= 11 is 0. The lowest BCUT2D eigenvalue weighted by Gasteiger charge is -2.08. The van der Waals surface area contributed by atoms with Crippen LogP contribution in [0.4, 0.5) is 5.69 Å². The second kappa shape index (κ2) is 4.65. The molecule has 0 radical (unpaired) electrons. The third-order valence-corrected chi connectivity index (χ3v) is 2.34. The fourth-order valence-electron chi connectivity index (χ4n) is 1.41. The summed E-state index contributed by atoms with van der Waals surface area (Å²) in [7, 11) is 0. The number of benzene rings is 2. The second-order valence-electron chi connectivity index (χ2n) is 3.67. The topological polar surface area (TPSA) is 75.7 Å². The van der Waals surface area contributed by atoms with Crippen molar-refractivity contribution in [2.75, 3.05) is 5.73 Å². The van der Waals surface area contributed by atoms with E-state index >= 15 is 0 Å². The Morgan fingerprint density at radius 1 is 1.00 bits per heavy atom. The molecule has 0 saturated carbocycles. The number of nitrogen functional groups attached to an aromatic ring is 1. The predicted molar refractivity (Wildman–Crippen MR) is 65.0 cm³/mol. The van der Waals surface area contributed by atoms with E-state index < -0.39 is 0 Å². The van der Waals surface area contributed by atoms with Crippen LogP contribution in [0, 0.1) is 0 Å². The zero-order valence-electron chi connectivity index (χ0n) is 9.13. The lowest BCUT2D eigenvalue weighted by molar-refractivity contribution is 0.298. The normalized spacial score (nSPS) is 10.1. The zero-order valence-corrected chi connectivity index (χ0v) is 9.13. The van der Waals surface area contributed by atoms with Gasteiger partial charge in [-0.15, -0.1) is 0 Å². The molecule has 0 aromatic heterocycles. The summed E-state index contributed by atoms with van der Waals surface area (Å²) in [6.07, 6.45) is 0. The first-order valence-electron chi connectivity index (χ1n) is 5.14. The molecular formula is C13H13NO3. The summed E-state index contributed by atoms with van der Waals surface area (Å²) < 4.78 is 5.46. The molecule has 0 amide bonds. The lowest BCUT2D eigenvalue weighted by Crippen LogP contribution is -1.96. The number of phenols is 2. The van der Waals surface area contributed by atoms with Gasteiger partial charge < -0.3 is 20.7 Å². The molecule has 0 unspecified atom stereocenters. The monoisotopic (exact) mass is 231 g/mol. The zero-order chi connectivity index (χ0) is 12.3. The van der Waals surface area contributed by atoms with Crippen molar-refractivity contribution in [1.82, 2.24) is 0 Å². The Labute approximate surface area is 98.9 Å². The van der Waals surface area contributed by atoms with Gasteiger partial charge in [0.1, 0.15) is 23.9 Å². The van der Waals surface area contributed by atoms with Gasteiger partial charge >= 0.3 is 0 Å². The van der Waals surface area contributed by atoms with Crippen LogP contribution in [-0.4, -0.2) is 10.2 Å². The Kier molecular flexibility index (Phi) is 3.05. The summed E-state index contributed by atoms with van der Waals surface area (Å²) in [5.74, 6) is 0.926. The number of anilines is 1. The largest absolute Gasteiger partial charge is 0.508 e. The molecule has 17 heavy (non-hydrogen) atoms. The SMILES string of the molecule is Nc1ccc(COc2ccc(O)cc2)c(O)c1. The number of ether oxygens (including phenoxy) is 1. The molecule has 0 saturated heterocycles. The molecule has 0 aliphatic rings. The Bertz CT molecular complexity index is 509.